The van der Waals surface area contributed by atoms with E-state index in [1.807, 2.05) is 13.8 Å². The third kappa shape index (κ3) is 4.27. The predicted molar refractivity (Wildman–Crippen MR) is 65.2 cm³/mol. The zero-order chi connectivity index (χ0) is 13.1. The van der Waals surface area contributed by atoms with Gasteiger partial charge in [0, 0.05) is 6.04 Å². The molecule has 6 heteroatoms. The monoisotopic (exact) mass is 263 g/mol. The second kappa shape index (κ2) is 5.82. The molecule has 0 aliphatic heterocycles. The van der Waals surface area contributed by atoms with Gasteiger partial charge in [-0.2, -0.15) is 4.31 Å². The van der Waals surface area contributed by atoms with Crippen LogP contribution >= 0.6 is 0 Å². The van der Waals surface area contributed by atoms with Crippen molar-refractivity contribution in [2.24, 2.45) is 5.92 Å². The molecule has 0 unspecified atom stereocenters. The molecular weight excluding hydrogens is 242 g/mol. The summed E-state index contributed by atoms with van der Waals surface area (Å²) in [5, 5.41) is 8.84. The van der Waals surface area contributed by atoms with Crippen LogP contribution in [0, 0.1) is 5.92 Å². The largest absolute Gasteiger partial charge is 0.480 e. The van der Waals surface area contributed by atoms with Crippen molar-refractivity contribution in [3.63, 3.8) is 0 Å². The van der Waals surface area contributed by atoms with E-state index < -0.39 is 22.5 Å². The smallest absolute Gasteiger partial charge is 0.318 e. The van der Waals surface area contributed by atoms with E-state index in [1.165, 1.54) is 4.31 Å². The van der Waals surface area contributed by atoms with Crippen molar-refractivity contribution in [1.29, 1.82) is 0 Å². The minimum atomic E-state index is -3.45. The Balaban J connectivity index is 2.84. The molecule has 1 N–H and O–H groups in total. The second-order valence-corrected chi connectivity index (χ2v) is 7.02. The molecule has 0 amide bonds. The molecule has 0 aromatic carbocycles. The Hall–Kier alpha value is -0.620. The van der Waals surface area contributed by atoms with Gasteiger partial charge in [0.25, 0.3) is 0 Å². The first kappa shape index (κ1) is 14.4. The molecule has 5 nitrogen and oxygen atoms in total. The van der Waals surface area contributed by atoms with Crippen LogP contribution in [0.2, 0.25) is 0 Å². The van der Waals surface area contributed by atoms with Gasteiger partial charge in [0.05, 0.1) is 5.75 Å². The number of aliphatic carboxylic acids is 1. The predicted octanol–water partition coefficient (Wildman–Crippen LogP) is 1.30. The number of carboxylic acids is 1. The zero-order valence-corrected chi connectivity index (χ0v) is 11.2. The normalized spacial score (nSPS) is 18.1. The van der Waals surface area contributed by atoms with E-state index >= 15 is 0 Å². The van der Waals surface area contributed by atoms with Crippen LogP contribution in [0.5, 0.6) is 0 Å². The van der Waals surface area contributed by atoms with E-state index in [9.17, 15) is 13.2 Å². The van der Waals surface area contributed by atoms with Gasteiger partial charge in [-0.05, 0) is 18.8 Å². The van der Waals surface area contributed by atoms with E-state index in [0.29, 0.717) is 0 Å². The summed E-state index contributed by atoms with van der Waals surface area (Å²) in [5.74, 6) is -1.04. The summed E-state index contributed by atoms with van der Waals surface area (Å²) in [6.45, 7) is 3.25. The van der Waals surface area contributed by atoms with E-state index in [4.69, 9.17) is 5.11 Å². The van der Waals surface area contributed by atoms with Crippen LogP contribution in [-0.4, -0.2) is 42.1 Å². The summed E-state index contributed by atoms with van der Waals surface area (Å²) >= 11 is 0. The third-order valence-electron chi connectivity index (χ3n) is 2.92. The summed E-state index contributed by atoms with van der Waals surface area (Å²) in [7, 11) is -3.45. The molecule has 0 heterocycles. The highest BCUT2D eigenvalue weighted by atomic mass is 32.2. The molecule has 0 bridgehead atoms. The molecule has 0 radical (unpaired) electrons. The fraction of sp³-hybridized carbons (Fsp3) is 0.909. The maximum Gasteiger partial charge on any atom is 0.318 e. The van der Waals surface area contributed by atoms with Crippen molar-refractivity contribution < 1.29 is 18.3 Å². The highest BCUT2D eigenvalue weighted by Gasteiger charge is 2.33. The molecule has 1 saturated carbocycles. The first-order chi connectivity index (χ1) is 7.83. The van der Waals surface area contributed by atoms with Gasteiger partial charge in [-0.15, -0.1) is 0 Å². The maximum atomic E-state index is 12.1. The van der Waals surface area contributed by atoms with Crippen LogP contribution in [0.3, 0.4) is 0 Å². The third-order valence-corrected chi connectivity index (χ3v) is 5.15. The highest BCUT2D eigenvalue weighted by molar-refractivity contribution is 7.89. The fourth-order valence-electron chi connectivity index (χ4n) is 2.30. The molecule has 0 aromatic heterocycles. The van der Waals surface area contributed by atoms with Crippen LogP contribution in [0.15, 0.2) is 0 Å². The Labute approximate surface area is 103 Å². The Morgan fingerprint density at radius 2 is 1.88 bits per heavy atom. The van der Waals surface area contributed by atoms with E-state index in [2.05, 4.69) is 0 Å². The van der Waals surface area contributed by atoms with Crippen molar-refractivity contribution in [1.82, 2.24) is 4.31 Å². The van der Waals surface area contributed by atoms with Crippen molar-refractivity contribution in [3.8, 4) is 0 Å². The number of hydrogen-bond donors (Lipinski definition) is 1. The summed E-state index contributed by atoms with van der Waals surface area (Å²) in [4.78, 5) is 10.8. The SMILES string of the molecule is CC(C)CS(=O)(=O)N(CC(=O)O)C1CCCC1. The topological polar surface area (TPSA) is 74.7 Å². The number of sulfonamides is 1. The average Bonchev–Trinajstić information content (AvgIpc) is 2.63. The number of hydrogen-bond acceptors (Lipinski definition) is 3. The number of carboxylic acid groups (broad SMARTS) is 1. The van der Waals surface area contributed by atoms with Crippen LogP contribution in [0.25, 0.3) is 0 Å². The summed E-state index contributed by atoms with van der Waals surface area (Å²) in [5.41, 5.74) is 0. The van der Waals surface area contributed by atoms with Crippen molar-refractivity contribution in [2.75, 3.05) is 12.3 Å². The van der Waals surface area contributed by atoms with Gasteiger partial charge in [0.2, 0.25) is 10.0 Å². The molecule has 0 saturated heterocycles. The molecule has 0 atom stereocenters. The lowest BCUT2D eigenvalue weighted by Crippen LogP contribution is -2.44. The summed E-state index contributed by atoms with van der Waals surface area (Å²) in [6.07, 6.45) is 3.53. The van der Waals surface area contributed by atoms with Crippen LogP contribution in [0.4, 0.5) is 0 Å². The molecule has 1 rings (SSSR count). The Morgan fingerprint density at radius 3 is 2.29 bits per heavy atom. The molecule has 1 fully saturated rings. The van der Waals surface area contributed by atoms with E-state index in [1.54, 1.807) is 0 Å². The van der Waals surface area contributed by atoms with Crippen LogP contribution in [0.1, 0.15) is 39.5 Å². The lowest BCUT2D eigenvalue weighted by molar-refractivity contribution is -0.137. The van der Waals surface area contributed by atoms with Crippen molar-refractivity contribution >= 4 is 16.0 Å². The summed E-state index contributed by atoms with van der Waals surface area (Å²) < 4.78 is 25.4. The fourth-order valence-corrected chi connectivity index (χ4v) is 4.30. The van der Waals surface area contributed by atoms with Gasteiger partial charge in [0.15, 0.2) is 0 Å². The first-order valence-corrected chi connectivity index (χ1v) is 7.65. The molecule has 100 valence electrons. The van der Waals surface area contributed by atoms with Crippen LogP contribution < -0.4 is 0 Å². The molecular formula is C11H21NO4S. The average molecular weight is 263 g/mol. The van der Waals surface area contributed by atoms with Crippen LogP contribution in [-0.2, 0) is 14.8 Å². The lowest BCUT2D eigenvalue weighted by atomic mass is 10.2. The van der Waals surface area contributed by atoms with Gasteiger partial charge < -0.3 is 5.11 Å². The molecule has 17 heavy (non-hydrogen) atoms. The first-order valence-electron chi connectivity index (χ1n) is 6.04. The van der Waals surface area contributed by atoms with Crippen molar-refractivity contribution in [3.05, 3.63) is 0 Å². The van der Waals surface area contributed by atoms with Gasteiger partial charge in [-0.25, -0.2) is 8.42 Å². The molecule has 1 aliphatic rings. The maximum absolute atomic E-state index is 12.1. The Bertz CT molecular complexity index is 358. The number of carbonyl (C=O) groups is 1. The number of nitrogens with zero attached hydrogens (tertiary/aromatic N) is 1. The van der Waals surface area contributed by atoms with Gasteiger partial charge in [-0.3, -0.25) is 4.79 Å². The second-order valence-electron chi connectivity index (χ2n) is 5.05. The summed E-state index contributed by atoms with van der Waals surface area (Å²) in [6, 6.07) is -0.116. The van der Waals surface area contributed by atoms with E-state index in [0.717, 1.165) is 25.7 Å². The van der Waals surface area contributed by atoms with Gasteiger partial charge in [-0.1, -0.05) is 26.7 Å². The van der Waals surface area contributed by atoms with Gasteiger partial charge >= 0.3 is 5.97 Å². The van der Waals surface area contributed by atoms with E-state index in [-0.39, 0.29) is 17.7 Å². The number of rotatable bonds is 6. The lowest BCUT2D eigenvalue weighted by Gasteiger charge is -2.27. The molecule has 0 spiro atoms. The quantitative estimate of drug-likeness (QED) is 0.784. The van der Waals surface area contributed by atoms with Crippen molar-refractivity contribution in [2.45, 2.75) is 45.6 Å². The minimum Gasteiger partial charge on any atom is -0.480 e. The van der Waals surface area contributed by atoms with Gasteiger partial charge in [0.1, 0.15) is 6.54 Å². The zero-order valence-electron chi connectivity index (χ0n) is 10.4. The molecule has 1 aliphatic carbocycles. The standard InChI is InChI=1S/C11H21NO4S/c1-9(2)8-17(15,16)12(7-11(13)14)10-5-3-4-6-10/h9-10H,3-8H2,1-2H3,(H,13,14). The molecule has 0 aromatic rings. The Morgan fingerprint density at radius 1 is 1.35 bits per heavy atom. The Kier molecular flexibility index (Phi) is 4.94. The minimum absolute atomic E-state index is 0.0118. The highest BCUT2D eigenvalue weighted by Crippen LogP contribution is 2.26.